The van der Waals surface area contributed by atoms with Crippen LogP contribution in [0.25, 0.3) is 0 Å². The number of nitrogens with zero attached hydrogens (tertiary/aromatic N) is 2. The van der Waals surface area contributed by atoms with Crippen LogP contribution in [0, 0.1) is 5.92 Å². The molecule has 0 aromatic carbocycles. The summed E-state index contributed by atoms with van der Waals surface area (Å²) in [4.78, 5) is 11.0. The fraction of sp³-hybridized carbons (Fsp3) is 0.917. The molecule has 0 aromatic heterocycles. The lowest BCUT2D eigenvalue weighted by Gasteiger charge is -2.33. The number of hydrogen-bond acceptors (Lipinski definition) is 4. The zero-order valence-corrected chi connectivity index (χ0v) is 12.8. The minimum absolute atomic E-state index is 0.243. The number of ether oxygens (including phenoxy) is 1. The Morgan fingerprint density at radius 2 is 2.16 bits per heavy atom. The van der Waals surface area contributed by atoms with Crippen molar-refractivity contribution in [1.29, 1.82) is 0 Å². The molecule has 0 radical (unpaired) electrons. The number of carbonyl (C=O) groups excluding carboxylic acids is 1. The Hall–Kier alpha value is -0.660. The van der Waals surface area contributed by atoms with Crippen molar-refractivity contribution in [2.75, 3.05) is 33.8 Å². The summed E-state index contributed by atoms with van der Waals surface area (Å²) in [5.74, 6) is 0.101. The van der Waals surface area contributed by atoms with Crippen LogP contribution < -0.4 is 0 Å². The summed E-state index contributed by atoms with van der Waals surface area (Å²) in [7, 11) is -0.492. The molecule has 19 heavy (non-hydrogen) atoms. The van der Waals surface area contributed by atoms with E-state index in [1.165, 1.54) is 11.4 Å². The van der Waals surface area contributed by atoms with Crippen molar-refractivity contribution < 1.29 is 17.9 Å². The average molecular weight is 292 g/mol. The molecule has 1 heterocycles. The molecule has 1 atom stereocenters. The van der Waals surface area contributed by atoms with Crippen LogP contribution in [0.5, 0.6) is 0 Å². The van der Waals surface area contributed by atoms with Gasteiger partial charge in [-0.15, -0.1) is 0 Å². The quantitative estimate of drug-likeness (QED) is 0.681. The number of esters is 1. The van der Waals surface area contributed by atoms with Crippen LogP contribution in [-0.4, -0.2) is 56.8 Å². The van der Waals surface area contributed by atoms with Gasteiger partial charge in [0.1, 0.15) is 0 Å². The van der Waals surface area contributed by atoms with Crippen molar-refractivity contribution in [2.45, 2.75) is 32.6 Å². The lowest BCUT2D eigenvalue weighted by molar-refractivity contribution is -0.140. The third-order valence-electron chi connectivity index (χ3n) is 3.42. The minimum Gasteiger partial charge on any atom is -0.469 e. The van der Waals surface area contributed by atoms with Crippen LogP contribution >= 0.6 is 0 Å². The van der Waals surface area contributed by atoms with E-state index in [-0.39, 0.29) is 12.4 Å². The maximum Gasteiger partial charge on any atom is 0.305 e. The van der Waals surface area contributed by atoms with Gasteiger partial charge in [0, 0.05) is 33.1 Å². The average Bonchev–Trinajstić information content (AvgIpc) is 2.38. The Balaban J connectivity index is 2.49. The zero-order chi connectivity index (χ0) is 14.5. The smallest absolute Gasteiger partial charge is 0.305 e. The lowest BCUT2D eigenvalue weighted by Crippen LogP contribution is -2.46. The Kier molecular flexibility index (Phi) is 6.22. The summed E-state index contributed by atoms with van der Waals surface area (Å²) in [5.41, 5.74) is 0. The molecule has 0 saturated carbocycles. The van der Waals surface area contributed by atoms with Gasteiger partial charge in [0.05, 0.1) is 7.11 Å². The normalized spacial score (nSPS) is 21.6. The van der Waals surface area contributed by atoms with Gasteiger partial charge in [-0.05, 0) is 25.2 Å². The van der Waals surface area contributed by atoms with Gasteiger partial charge >= 0.3 is 5.97 Å². The summed E-state index contributed by atoms with van der Waals surface area (Å²) >= 11 is 0. The summed E-state index contributed by atoms with van der Waals surface area (Å²) in [6, 6.07) is 0. The molecule has 0 aromatic rings. The highest BCUT2D eigenvalue weighted by atomic mass is 32.2. The highest BCUT2D eigenvalue weighted by Gasteiger charge is 2.30. The van der Waals surface area contributed by atoms with Gasteiger partial charge < -0.3 is 4.74 Å². The van der Waals surface area contributed by atoms with E-state index in [0.717, 1.165) is 12.8 Å². The molecule has 0 amide bonds. The van der Waals surface area contributed by atoms with Gasteiger partial charge in [-0.1, -0.05) is 6.92 Å². The van der Waals surface area contributed by atoms with Gasteiger partial charge in [0.25, 0.3) is 10.2 Å². The molecular weight excluding hydrogens is 268 g/mol. The highest BCUT2D eigenvalue weighted by molar-refractivity contribution is 7.86. The van der Waals surface area contributed by atoms with Crippen LogP contribution in [0.2, 0.25) is 0 Å². The molecule has 0 aliphatic carbocycles. The van der Waals surface area contributed by atoms with Crippen LogP contribution in [0.1, 0.15) is 32.6 Å². The van der Waals surface area contributed by atoms with E-state index in [1.54, 1.807) is 11.4 Å². The molecule has 1 aliphatic heterocycles. The molecular formula is C12H24N2O4S. The zero-order valence-electron chi connectivity index (χ0n) is 12.0. The molecule has 0 bridgehead atoms. The second-order valence-electron chi connectivity index (χ2n) is 5.11. The van der Waals surface area contributed by atoms with Crippen molar-refractivity contribution in [1.82, 2.24) is 8.61 Å². The summed E-state index contributed by atoms with van der Waals surface area (Å²) in [6.45, 7) is 3.58. The number of hydrogen-bond donors (Lipinski definition) is 0. The molecule has 1 aliphatic rings. The number of piperidine rings is 1. The molecule has 0 spiro atoms. The predicted molar refractivity (Wildman–Crippen MR) is 72.8 cm³/mol. The minimum atomic E-state index is -3.39. The molecule has 1 unspecified atom stereocenters. The van der Waals surface area contributed by atoms with E-state index in [1.807, 2.05) is 0 Å². The number of methoxy groups -OCH3 is 1. The third-order valence-corrected chi connectivity index (χ3v) is 5.38. The maximum absolute atomic E-state index is 12.3. The van der Waals surface area contributed by atoms with E-state index in [0.29, 0.717) is 32.0 Å². The second-order valence-corrected chi connectivity index (χ2v) is 7.15. The molecule has 0 N–H and O–H groups in total. The molecule has 112 valence electrons. The van der Waals surface area contributed by atoms with Crippen molar-refractivity contribution in [3.8, 4) is 0 Å². The molecule has 7 heteroatoms. The Morgan fingerprint density at radius 3 is 2.74 bits per heavy atom. The van der Waals surface area contributed by atoms with Gasteiger partial charge in [-0.25, -0.2) is 0 Å². The fourth-order valence-corrected chi connectivity index (χ4v) is 3.77. The van der Waals surface area contributed by atoms with Crippen LogP contribution in [0.3, 0.4) is 0 Å². The second kappa shape index (κ2) is 7.21. The summed E-state index contributed by atoms with van der Waals surface area (Å²) in [6.07, 6.45) is 2.72. The Labute approximate surface area is 115 Å². The van der Waals surface area contributed by atoms with Gasteiger partial charge in [-0.2, -0.15) is 17.0 Å². The summed E-state index contributed by atoms with van der Waals surface area (Å²) < 4.78 is 32.0. The van der Waals surface area contributed by atoms with Crippen LogP contribution in [0.15, 0.2) is 0 Å². The molecule has 6 nitrogen and oxygen atoms in total. The maximum atomic E-state index is 12.3. The van der Waals surface area contributed by atoms with E-state index in [9.17, 15) is 13.2 Å². The largest absolute Gasteiger partial charge is 0.469 e. The Morgan fingerprint density at radius 1 is 1.47 bits per heavy atom. The monoisotopic (exact) mass is 292 g/mol. The Bertz CT molecular complexity index is 397. The predicted octanol–water partition coefficient (Wildman–Crippen LogP) is 0.848. The van der Waals surface area contributed by atoms with Crippen molar-refractivity contribution in [3.05, 3.63) is 0 Å². The molecule has 1 rings (SSSR count). The van der Waals surface area contributed by atoms with E-state index >= 15 is 0 Å². The third kappa shape index (κ3) is 4.74. The standard InChI is InChI=1S/C12H24N2O4S/c1-11-6-4-9-14(10-11)19(16,17)13(2)8-5-7-12(15)18-3/h11H,4-10H2,1-3H3. The van der Waals surface area contributed by atoms with Gasteiger partial charge in [-0.3, -0.25) is 4.79 Å². The number of carbonyl (C=O) groups is 1. The fourth-order valence-electron chi connectivity index (χ4n) is 2.22. The van der Waals surface area contributed by atoms with Crippen molar-refractivity contribution >= 4 is 16.2 Å². The first kappa shape index (κ1) is 16.4. The lowest BCUT2D eigenvalue weighted by atomic mass is 10.0. The van der Waals surface area contributed by atoms with E-state index in [4.69, 9.17) is 0 Å². The SMILES string of the molecule is COC(=O)CCCN(C)S(=O)(=O)N1CCCC(C)C1. The van der Waals surface area contributed by atoms with Crippen molar-refractivity contribution in [2.24, 2.45) is 5.92 Å². The van der Waals surface area contributed by atoms with Gasteiger partial charge in [0.15, 0.2) is 0 Å². The first-order valence-electron chi connectivity index (χ1n) is 6.66. The highest BCUT2D eigenvalue weighted by Crippen LogP contribution is 2.20. The van der Waals surface area contributed by atoms with Crippen LogP contribution in [-0.2, 0) is 19.7 Å². The first-order chi connectivity index (χ1) is 8.87. The van der Waals surface area contributed by atoms with E-state index < -0.39 is 10.2 Å². The topological polar surface area (TPSA) is 66.9 Å². The summed E-state index contributed by atoms with van der Waals surface area (Å²) in [5, 5.41) is 0. The molecule has 1 saturated heterocycles. The van der Waals surface area contributed by atoms with E-state index in [2.05, 4.69) is 11.7 Å². The van der Waals surface area contributed by atoms with Crippen LogP contribution in [0.4, 0.5) is 0 Å². The number of rotatable bonds is 6. The van der Waals surface area contributed by atoms with Gasteiger partial charge in [0.2, 0.25) is 0 Å². The molecule has 1 fully saturated rings. The first-order valence-corrected chi connectivity index (χ1v) is 8.06. The van der Waals surface area contributed by atoms with Crippen molar-refractivity contribution in [3.63, 3.8) is 0 Å².